The number of fused-ring (bicyclic) bond motifs is 1. The van der Waals surface area contributed by atoms with E-state index in [0.717, 1.165) is 12.8 Å². The number of hydrogen-bond acceptors (Lipinski definition) is 3. The zero-order chi connectivity index (χ0) is 13.9. The van der Waals surface area contributed by atoms with E-state index in [1.807, 2.05) is 18.2 Å². The Balaban J connectivity index is 1.58. The highest BCUT2D eigenvalue weighted by Crippen LogP contribution is 2.38. The number of hydrogen-bond donors (Lipinski definition) is 2. The number of rotatable bonds is 6. The van der Waals surface area contributed by atoms with Crippen molar-refractivity contribution in [3.05, 3.63) is 35.9 Å². The number of aryl methyl sites for hydroxylation is 1. The van der Waals surface area contributed by atoms with E-state index < -0.39 is 6.09 Å². The summed E-state index contributed by atoms with van der Waals surface area (Å²) in [4.78, 5) is 10.7. The molecular formula is C15H19NO4. The molecule has 0 unspecified atom stereocenters. The van der Waals surface area contributed by atoms with E-state index >= 15 is 0 Å². The first-order valence-corrected chi connectivity index (χ1v) is 7.02. The number of ether oxygens (including phenoxy) is 2. The zero-order valence-electron chi connectivity index (χ0n) is 11.2. The average molecular weight is 277 g/mol. The molecule has 0 aliphatic carbocycles. The van der Waals surface area contributed by atoms with Crippen LogP contribution >= 0.6 is 0 Å². The summed E-state index contributed by atoms with van der Waals surface area (Å²) >= 11 is 0. The summed E-state index contributed by atoms with van der Waals surface area (Å²) in [5.74, 6) is 0.156. The molecule has 2 saturated heterocycles. The summed E-state index contributed by atoms with van der Waals surface area (Å²) in [6, 6.07) is 10.2. The topological polar surface area (TPSA) is 71.1 Å². The molecule has 2 fully saturated rings. The lowest BCUT2D eigenvalue weighted by Gasteiger charge is -2.23. The van der Waals surface area contributed by atoms with Crippen molar-refractivity contribution in [2.75, 3.05) is 13.2 Å². The molecule has 1 amide bonds. The molecule has 1 aromatic rings. The molecule has 2 heterocycles. The second-order valence-corrected chi connectivity index (χ2v) is 5.41. The van der Waals surface area contributed by atoms with Gasteiger partial charge in [-0.15, -0.1) is 0 Å². The van der Waals surface area contributed by atoms with E-state index in [0.29, 0.717) is 13.2 Å². The Morgan fingerprint density at radius 1 is 1.40 bits per heavy atom. The van der Waals surface area contributed by atoms with E-state index in [1.165, 1.54) is 5.56 Å². The fraction of sp³-hybridized carbons (Fsp3) is 0.533. The van der Waals surface area contributed by atoms with Crippen molar-refractivity contribution in [2.24, 2.45) is 5.92 Å². The quantitative estimate of drug-likeness (QED) is 0.776. The Kier molecular flexibility index (Phi) is 3.89. The van der Waals surface area contributed by atoms with Crippen LogP contribution in [0.1, 0.15) is 12.0 Å². The maximum Gasteiger partial charge on any atom is 0.404 e. The van der Waals surface area contributed by atoms with Gasteiger partial charge in [-0.3, -0.25) is 0 Å². The van der Waals surface area contributed by atoms with Crippen LogP contribution in [0.4, 0.5) is 4.79 Å². The van der Waals surface area contributed by atoms with Crippen molar-refractivity contribution in [3.8, 4) is 0 Å². The SMILES string of the molecule is O=C(O)NC[C@H](CCc1ccccc1)[C@H]1OC[C@@H]2O[C@H]12. The molecule has 0 saturated carbocycles. The molecular weight excluding hydrogens is 258 g/mol. The number of benzene rings is 1. The first-order valence-electron chi connectivity index (χ1n) is 7.02. The molecule has 4 atom stereocenters. The van der Waals surface area contributed by atoms with E-state index in [2.05, 4.69) is 17.4 Å². The first-order chi connectivity index (χ1) is 9.74. The summed E-state index contributed by atoms with van der Waals surface area (Å²) in [6.07, 6.45) is 1.26. The van der Waals surface area contributed by atoms with Crippen LogP contribution in [0.15, 0.2) is 30.3 Å². The van der Waals surface area contributed by atoms with Crippen molar-refractivity contribution >= 4 is 6.09 Å². The van der Waals surface area contributed by atoms with Gasteiger partial charge in [0.15, 0.2) is 0 Å². The molecule has 108 valence electrons. The summed E-state index contributed by atoms with van der Waals surface area (Å²) in [6.45, 7) is 1.06. The van der Waals surface area contributed by atoms with E-state index in [4.69, 9.17) is 14.6 Å². The number of nitrogens with one attached hydrogen (secondary N) is 1. The Morgan fingerprint density at radius 3 is 2.80 bits per heavy atom. The maximum absolute atomic E-state index is 10.7. The molecule has 2 aliphatic heterocycles. The van der Waals surface area contributed by atoms with E-state index in [1.54, 1.807) is 0 Å². The Morgan fingerprint density at radius 2 is 2.20 bits per heavy atom. The van der Waals surface area contributed by atoms with Gasteiger partial charge in [0, 0.05) is 12.5 Å². The van der Waals surface area contributed by atoms with Crippen LogP contribution in [0.2, 0.25) is 0 Å². The monoisotopic (exact) mass is 277 g/mol. The molecule has 5 heteroatoms. The maximum atomic E-state index is 10.7. The Bertz CT molecular complexity index is 464. The molecule has 0 aromatic heterocycles. The third-order valence-corrected chi connectivity index (χ3v) is 4.03. The zero-order valence-corrected chi connectivity index (χ0v) is 11.2. The summed E-state index contributed by atoms with van der Waals surface area (Å²) in [5.41, 5.74) is 1.26. The van der Waals surface area contributed by atoms with Crippen LogP contribution in [0.3, 0.4) is 0 Å². The van der Waals surface area contributed by atoms with Crippen LogP contribution in [-0.4, -0.2) is 42.7 Å². The van der Waals surface area contributed by atoms with Gasteiger partial charge in [0.1, 0.15) is 12.2 Å². The van der Waals surface area contributed by atoms with Crippen molar-refractivity contribution in [1.82, 2.24) is 5.32 Å². The summed E-state index contributed by atoms with van der Waals surface area (Å²) in [5, 5.41) is 11.3. The van der Waals surface area contributed by atoms with Gasteiger partial charge in [-0.1, -0.05) is 30.3 Å². The minimum absolute atomic E-state index is 0.0237. The standard InChI is InChI=1S/C15H19NO4/c17-15(18)16-8-11(13-14-12(20-14)9-19-13)7-6-10-4-2-1-3-5-10/h1-5,11-14,16H,6-9H2,(H,17,18)/t11-,12-,13+,14-/m0/s1. The molecule has 0 bridgehead atoms. The summed E-state index contributed by atoms with van der Waals surface area (Å²) in [7, 11) is 0. The smallest absolute Gasteiger partial charge is 0.404 e. The average Bonchev–Trinajstić information content (AvgIpc) is 3.12. The van der Waals surface area contributed by atoms with Crippen LogP contribution in [0.5, 0.6) is 0 Å². The molecule has 2 aliphatic rings. The molecule has 3 rings (SSSR count). The minimum atomic E-state index is -0.985. The van der Waals surface area contributed by atoms with Crippen LogP contribution < -0.4 is 5.32 Å². The van der Waals surface area contributed by atoms with Gasteiger partial charge < -0.3 is 19.9 Å². The highest BCUT2D eigenvalue weighted by molar-refractivity contribution is 5.64. The van der Waals surface area contributed by atoms with Crippen LogP contribution in [0, 0.1) is 5.92 Å². The van der Waals surface area contributed by atoms with Gasteiger partial charge in [0.2, 0.25) is 0 Å². The van der Waals surface area contributed by atoms with Gasteiger partial charge in [0.05, 0.1) is 12.7 Å². The first kappa shape index (κ1) is 13.4. The predicted molar refractivity (Wildman–Crippen MR) is 72.7 cm³/mol. The number of epoxide rings is 1. The van der Waals surface area contributed by atoms with Crippen molar-refractivity contribution < 1.29 is 19.4 Å². The second-order valence-electron chi connectivity index (χ2n) is 5.41. The molecule has 5 nitrogen and oxygen atoms in total. The van der Waals surface area contributed by atoms with E-state index in [9.17, 15) is 4.79 Å². The highest BCUT2D eigenvalue weighted by Gasteiger charge is 2.53. The summed E-state index contributed by atoms with van der Waals surface area (Å²) < 4.78 is 11.2. The number of amides is 1. The van der Waals surface area contributed by atoms with Crippen molar-refractivity contribution in [3.63, 3.8) is 0 Å². The van der Waals surface area contributed by atoms with Crippen molar-refractivity contribution in [1.29, 1.82) is 0 Å². The minimum Gasteiger partial charge on any atom is -0.465 e. The third-order valence-electron chi connectivity index (χ3n) is 4.03. The van der Waals surface area contributed by atoms with Gasteiger partial charge >= 0.3 is 6.09 Å². The Labute approximate surface area is 117 Å². The predicted octanol–water partition coefficient (Wildman–Crippen LogP) is 1.67. The molecule has 0 radical (unpaired) electrons. The second kappa shape index (κ2) is 5.81. The molecule has 1 aromatic carbocycles. The fourth-order valence-electron chi connectivity index (χ4n) is 2.88. The third kappa shape index (κ3) is 3.11. The molecule has 20 heavy (non-hydrogen) atoms. The van der Waals surface area contributed by atoms with Gasteiger partial charge in [-0.25, -0.2) is 4.79 Å². The fourth-order valence-corrected chi connectivity index (χ4v) is 2.88. The number of carboxylic acid groups (broad SMARTS) is 1. The number of carbonyl (C=O) groups is 1. The molecule has 0 spiro atoms. The van der Waals surface area contributed by atoms with Gasteiger partial charge in [-0.05, 0) is 18.4 Å². The molecule has 2 N–H and O–H groups in total. The van der Waals surface area contributed by atoms with E-state index in [-0.39, 0.29) is 24.2 Å². The van der Waals surface area contributed by atoms with Gasteiger partial charge in [-0.2, -0.15) is 0 Å². The largest absolute Gasteiger partial charge is 0.465 e. The normalized spacial score (nSPS) is 28.7. The lowest BCUT2D eigenvalue weighted by atomic mass is 9.92. The van der Waals surface area contributed by atoms with Crippen LogP contribution in [0.25, 0.3) is 0 Å². The van der Waals surface area contributed by atoms with Gasteiger partial charge in [0.25, 0.3) is 0 Å². The highest BCUT2D eigenvalue weighted by atomic mass is 16.7. The van der Waals surface area contributed by atoms with Crippen LogP contribution in [-0.2, 0) is 15.9 Å². The van der Waals surface area contributed by atoms with Crippen molar-refractivity contribution in [2.45, 2.75) is 31.2 Å². The lowest BCUT2D eigenvalue weighted by Crippen LogP contribution is -2.37. The lowest BCUT2D eigenvalue weighted by molar-refractivity contribution is -0.00755. The Hall–Kier alpha value is -1.59.